The van der Waals surface area contributed by atoms with Gasteiger partial charge in [0.25, 0.3) is 0 Å². The van der Waals surface area contributed by atoms with Gasteiger partial charge in [0.1, 0.15) is 16.7 Å². The molecule has 0 aliphatic rings. The first-order chi connectivity index (χ1) is 20.8. The van der Waals surface area contributed by atoms with Crippen LogP contribution in [0.25, 0.3) is 92.2 Å². The number of hydrogen-bond acceptors (Lipinski definition) is 4. The molecule has 0 aliphatic heterocycles. The second-order valence-corrected chi connectivity index (χ2v) is 11.8. The molecule has 0 spiro atoms. The number of benzene rings is 6. The van der Waals surface area contributed by atoms with Crippen molar-refractivity contribution in [1.82, 2.24) is 9.55 Å². The number of thiophene rings is 1. The Kier molecular flexibility index (Phi) is 4.30. The van der Waals surface area contributed by atoms with Crippen LogP contribution in [0.4, 0.5) is 0 Å². The molecule has 0 N–H and O–H groups in total. The predicted molar refractivity (Wildman–Crippen MR) is 174 cm³/mol. The van der Waals surface area contributed by atoms with Gasteiger partial charge in [-0.2, -0.15) is 4.98 Å². The van der Waals surface area contributed by atoms with Gasteiger partial charge in [-0.3, -0.25) is 4.57 Å². The zero-order valence-corrected chi connectivity index (χ0v) is 23.0. The predicted octanol–water partition coefficient (Wildman–Crippen LogP) is 10.9. The van der Waals surface area contributed by atoms with Crippen molar-refractivity contribution in [3.8, 4) is 17.1 Å². The monoisotopic (exact) mass is 556 g/mol. The Hall–Kier alpha value is -5.39. The van der Waals surface area contributed by atoms with Gasteiger partial charge in [0.05, 0.1) is 11.0 Å². The maximum atomic E-state index is 6.87. The topological polar surface area (TPSA) is 44.1 Å². The van der Waals surface area contributed by atoms with Crippen LogP contribution in [0, 0.1) is 0 Å². The lowest BCUT2D eigenvalue weighted by atomic mass is 10.0. The lowest BCUT2D eigenvalue weighted by Gasteiger charge is -2.03. The van der Waals surface area contributed by atoms with Crippen LogP contribution in [0.3, 0.4) is 0 Å². The van der Waals surface area contributed by atoms with Crippen LogP contribution in [0.2, 0.25) is 0 Å². The van der Waals surface area contributed by atoms with Gasteiger partial charge in [-0.1, -0.05) is 84.9 Å². The third-order valence-electron chi connectivity index (χ3n) is 8.44. The van der Waals surface area contributed by atoms with Gasteiger partial charge in [0.2, 0.25) is 0 Å². The first-order valence-corrected chi connectivity index (χ1v) is 14.8. The van der Waals surface area contributed by atoms with E-state index >= 15 is 0 Å². The molecule has 0 saturated heterocycles. The summed E-state index contributed by atoms with van der Waals surface area (Å²) in [6, 6.07) is 42.9. The molecule has 0 aliphatic carbocycles. The highest BCUT2D eigenvalue weighted by Crippen LogP contribution is 2.44. The second-order valence-electron chi connectivity index (χ2n) is 10.8. The standard InChI is InChI=1S/C37H20N2O2S/c1-2-10-21(11-3-1)25-19-33-34(24-14-6-9-17-32(24)42-33)36-35(25)38-37(41-36)39-28-15-7-4-12-22(28)26-18-27-23-13-5-8-16-30(23)40-31(27)20-29(26)39/h1-20H. The van der Waals surface area contributed by atoms with E-state index in [0.717, 1.165) is 71.4 Å². The maximum Gasteiger partial charge on any atom is 0.307 e. The zero-order chi connectivity index (χ0) is 27.4. The highest BCUT2D eigenvalue weighted by molar-refractivity contribution is 7.26. The lowest BCUT2D eigenvalue weighted by molar-refractivity contribution is 0.577. The SMILES string of the molecule is c1ccc(-c2cc3sc4ccccc4c3c3oc(-n4c5ccccc5c5cc6c(cc54)oc4ccccc46)nc23)cc1. The number of nitrogens with zero attached hydrogens (tertiary/aromatic N) is 2. The molecule has 10 aromatic rings. The van der Waals surface area contributed by atoms with Crippen molar-refractivity contribution in [2.45, 2.75) is 0 Å². The van der Waals surface area contributed by atoms with Gasteiger partial charge in [-0.25, -0.2) is 0 Å². The fourth-order valence-corrected chi connectivity index (χ4v) is 7.73. The van der Waals surface area contributed by atoms with E-state index in [-0.39, 0.29) is 0 Å². The fraction of sp³-hybridized carbons (Fsp3) is 0. The van der Waals surface area contributed by atoms with Gasteiger partial charge in [-0.05, 0) is 35.9 Å². The van der Waals surface area contributed by atoms with Crippen molar-refractivity contribution in [1.29, 1.82) is 0 Å². The van der Waals surface area contributed by atoms with Crippen LogP contribution in [-0.4, -0.2) is 9.55 Å². The average molecular weight is 557 g/mol. The molecule has 4 nitrogen and oxygen atoms in total. The molecule has 0 atom stereocenters. The van der Waals surface area contributed by atoms with Crippen molar-refractivity contribution >= 4 is 86.4 Å². The largest absolute Gasteiger partial charge is 0.456 e. The van der Waals surface area contributed by atoms with E-state index in [2.05, 4.69) is 108 Å². The first-order valence-electron chi connectivity index (χ1n) is 14.0. The third kappa shape index (κ3) is 2.93. The summed E-state index contributed by atoms with van der Waals surface area (Å²) in [5, 5.41) is 6.82. The van der Waals surface area contributed by atoms with Crippen molar-refractivity contribution in [3.63, 3.8) is 0 Å². The summed E-state index contributed by atoms with van der Waals surface area (Å²) in [5.41, 5.74) is 7.65. The van der Waals surface area contributed by atoms with Crippen molar-refractivity contribution < 1.29 is 8.83 Å². The van der Waals surface area contributed by atoms with Crippen LogP contribution >= 0.6 is 11.3 Å². The highest BCUT2D eigenvalue weighted by atomic mass is 32.1. The van der Waals surface area contributed by atoms with Crippen molar-refractivity contribution in [2.75, 3.05) is 0 Å². The molecule has 0 radical (unpaired) electrons. The second kappa shape index (κ2) is 8.09. The molecule has 42 heavy (non-hydrogen) atoms. The maximum absolute atomic E-state index is 6.87. The van der Waals surface area contributed by atoms with Crippen LogP contribution in [-0.2, 0) is 0 Å². The number of oxazole rings is 1. The molecule has 5 heteroatoms. The highest BCUT2D eigenvalue weighted by Gasteiger charge is 2.23. The number of rotatable bonds is 2. The number of para-hydroxylation sites is 2. The summed E-state index contributed by atoms with van der Waals surface area (Å²) in [5.74, 6) is 0. The van der Waals surface area contributed by atoms with E-state index in [1.54, 1.807) is 11.3 Å². The van der Waals surface area contributed by atoms with Crippen LogP contribution in [0.1, 0.15) is 0 Å². The Morgan fingerprint density at radius 1 is 0.548 bits per heavy atom. The van der Waals surface area contributed by atoms with E-state index in [4.69, 9.17) is 13.8 Å². The van der Waals surface area contributed by atoms with Crippen LogP contribution in [0.5, 0.6) is 0 Å². The molecule has 0 saturated carbocycles. The van der Waals surface area contributed by atoms with E-state index in [1.165, 1.54) is 14.8 Å². The molecule has 0 unspecified atom stereocenters. The minimum absolute atomic E-state index is 0.548. The van der Waals surface area contributed by atoms with Gasteiger partial charge in [0, 0.05) is 53.3 Å². The molecular weight excluding hydrogens is 536 g/mol. The number of furan rings is 1. The summed E-state index contributed by atoms with van der Waals surface area (Å²) in [6.07, 6.45) is 0. The zero-order valence-electron chi connectivity index (χ0n) is 22.2. The van der Waals surface area contributed by atoms with E-state index in [1.807, 2.05) is 18.2 Å². The minimum Gasteiger partial charge on any atom is -0.456 e. The van der Waals surface area contributed by atoms with Gasteiger partial charge < -0.3 is 8.83 Å². The van der Waals surface area contributed by atoms with E-state index in [0.29, 0.717) is 6.01 Å². The normalized spacial score (nSPS) is 12.3. The minimum atomic E-state index is 0.548. The van der Waals surface area contributed by atoms with Crippen molar-refractivity contribution in [2.24, 2.45) is 0 Å². The summed E-state index contributed by atoms with van der Waals surface area (Å²) in [6.45, 7) is 0. The Morgan fingerprint density at radius 3 is 2.21 bits per heavy atom. The van der Waals surface area contributed by atoms with E-state index < -0.39 is 0 Å². The molecule has 4 aromatic heterocycles. The van der Waals surface area contributed by atoms with Crippen molar-refractivity contribution in [3.05, 3.63) is 121 Å². The average Bonchev–Trinajstić information content (AvgIpc) is 3.79. The molecule has 196 valence electrons. The summed E-state index contributed by atoms with van der Waals surface area (Å²) in [7, 11) is 0. The van der Waals surface area contributed by atoms with Gasteiger partial charge in [-0.15, -0.1) is 11.3 Å². The molecule has 4 heterocycles. The smallest absolute Gasteiger partial charge is 0.307 e. The molecule has 0 fully saturated rings. The molecule has 0 amide bonds. The summed E-state index contributed by atoms with van der Waals surface area (Å²) < 4.78 is 17.8. The number of fused-ring (bicyclic) bond motifs is 11. The number of hydrogen-bond donors (Lipinski definition) is 0. The van der Waals surface area contributed by atoms with E-state index in [9.17, 15) is 0 Å². The lowest BCUT2D eigenvalue weighted by Crippen LogP contribution is -1.93. The summed E-state index contributed by atoms with van der Waals surface area (Å²) >= 11 is 1.79. The number of aromatic nitrogens is 2. The Labute approximate surface area is 242 Å². The Balaban J connectivity index is 1.36. The van der Waals surface area contributed by atoms with Crippen LogP contribution in [0.15, 0.2) is 130 Å². The summed E-state index contributed by atoms with van der Waals surface area (Å²) in [4.78, 5) is 5.26. The Morgan fingerprint density at radius 2 is 1.31 bits per heavy atom. The quantitative estimate of drug-likeness (QED) is 0.213. The fourth-order valence-electron chi connectivity index (χ4n) is 6.59. The Bertz CT molecular complexity index is 2690. The molecule has 0 bridgehead atoms. The van der Waals surface area contributed by atoms with Crippen LogP contribution < -0.4 is 0 Å². The molecular formula is C37H20N2O2S. The van der Waals surface area contributed by atoms with Gasteiger partial charge >= 0.3 is 6.01 Å². The van der Waals surface area contributed by atoms with Gasteiger partial charge in [0.15, 0.2) is 5.58 Å². The first kappa shape index (κ1) is 22.3. The molecule has 6 aromatic carbocycles. The molecule has 10 rings (SSSR count). The third-order valence-corrected chi connectivity index (χ3v) is 9.56.